The summed E-state index contributed by atoms with van der Waals surface area (Å²) in [4.78, 5) is 18.0. The number of benzene rings is 1. The lowest BCUT2D eigenvalue weighted by Gasteiger charge is -2.39. The van der Waals surface area contributed by atoms with Crippen molar-refractivity contribution in [1.29, 1.82) is 0 Å². The van der Waals surface area contributed by atoms with Crippen molar-refractivity contribution in [2.24, 2.45) is 16.6 Å². The summed E-state index contributed by atoms with van der Waals surface area (Å²) in [6.07, 6.45) is 0. The van der Waals surface area contributed by atoms with Crippen molar-refractivity contribution < 1.29 is 4.79 Å². The van der Waals surface area contributed by atoms with Crippen LogP contribution in [0.5, 0.6) is 0 Å². The molecule has 0 fully saturated rings. The zero-order valence-electron chi connectivity index (χ0n) is 10.8. The number of guanidine groups is 1. The molecule has 0 bridgehead atoms. The summed E-state index contributed by atoms with van der Waals surface area (Å²) < 4.78 is 0. The third-order valence-electron chi connectivity index (χ3n) is 3.71. The van der Waals surface area contributed by atoms with Crippen LogP contribution in [0.1, 0.15) is 19.4 Å². The van der Waals surface area contributed by atoms with E-state index < -0.39 is 5.54 Å². The molecule has 1 aromatic rings. The summed E-state index contributed by atoms with van der Waals surface area (Å²) in [7, 11) is 1.64. The summed E-state index contributed by atoms with van der Waals surface area (Å²) in [6, 6.07) is 7.42. The van der Waals surface area contributed by atoms with E-state index in [1.54, 1.807) is 13.1 Å². The Hall–Kier alpha value is -2.04. The number of amides is 1. The second kappa shape index (κ2) is 4.01. The third-order valence-corrected chi connectivity index (χ3v) is 3.71. The van der Waals surface area contributed by atoms with Gasteiger partial charge in [-0.3, -0.25) is 9.69 Å². The minimum absolute atomic E-state index is 0.0348. The Bertz CT molecular complexity index is 525. The number of carbonyl (C=O) groups is 1. The normalized spacial score (nSPS) is 28.2. The number of nitrogens with two attached hydrogens (primary N) is 2. The molecule has 0 saturated heterocycles. The van der Waals surface area contributed by atoms with Gasteiger partial charge in [0.25, 0.3) is 0 Å². The Kier molecular flexibility index (Phi) is 2.77. The monoisotopic (exact) mass is 246 g/mol. The van der Waals surface area contributed by atoms with E-state index in [0.29, 0.717) is 5.69 Å². The van der Waals surface area contributed by atoms with Crippen molar-refractivity contribution in [3.8, 4) is 0 Å². The molecule has 2 atom stereocenters. The van der Waals surface area contributed by atoms with Crippen molar-refractivity contribution in [3.05, 3.63) is 29.8 Å². The second-order valence-corrected chi connectivity index (χ2v) is 4.86. The van der Waals surface area contributed by atoms with Crippen LogP contribution in [0.4, 0.5) is 5.69 Å². The van der Waals surface area contributed by atoms with Gasteiger partial charge in [0.05, 0.1) is 11.5 Å². The van der Waals surface area contributed by atoms with E-state index in [1.165, 1.54) is 4.90 Å². The zero-order chi connectivity index (χ0) is 13.5. The fourth-order valence-electron chi connectivity index (χ4n) is 2.22. The molecule has 1 heterocycles. The number of hydrogen-bond donors (Lipinski definition) is 2. The highest BCUT2D eigenvalue weighted by Crippen LogP contribution is 2.37. The lowest BCUT2D eigenvalue weighted by molar-refractivity contribution is -0.133. The Labute approximate surface area is 106 Å². The average Bonchev–Trinajstić information content (AvgIpc) is 2.34. The fraction of sp³-hybridized carbons (Fsp3) is 0.385. The van der Waals surface area contributed by atoms with Crippen molar-refractivity contribution >= 4 is 17.6 Å². The Balaban J connectivity index is 2.56. The van der Waals surface area contributed by atoms with Crippen LogP contribution in [0.15, 0.2) is 29.3 Å². The summed E-state index contributed by atoms with van der Waals surface area (Å²) >= 11 is 0. The number of nitrogen functional groups attached to an aromatic ring is 1. The van der Waals surface area contributed by atoms with Crippen LogP contribution >= 0.6 is 0 Å². The Morgan fingerprint density at radius 2 is 2.06 bits per heavy atom. The third kappa shape index (κ3) is 1.72. The first-order valence-corrected chi connectivity index (χ1v) is 5.85. The molecular weight excluding hydrogens is 228 g/mol. The molecule has 5 heteroatoms. The van der Waals surface area contributed by atoms with Crippen LogP contribution in [-0.4, -0.2) is 23.8 Å². The van der Waals surface area contributed by atoms with Crippen LogP contribution in [0, 0.1) is 5.92 Å². The van der Waals surface area contributed by atoms with Gasteiger partial charge in [-0.15, -0.1) is 0 Å². The lowest BCUT2D eigenvalue weighted by atomic mass is 9.79. The van der Waals surface area contributed by atoms with E-state index in [4.69, 9.17) is 11.5 Å². The molecular formula is C13H18N4O. The molecule has 1 aliphatic rings. The van der Waals surface area contributed by atoms with Gasteiger partial charge in [0.2, 0.25) is 5.91 Å². The molecule has 5 nitrogen and oxygen atoms in total. The first-order chi connectivity index (χ1) is 8.36. The summed E-state index contributed by atoms with van der Waals surface area (Å²) in [6.45, 7) is 3.77. The van der Waals surface area contributed by atoms with Gasteiger partial charge in [-0.2, -0.15) is 0 Å². The minimum atomic E-state index is -0.664. The smallest absolute Gasteiger partial charge is 0.234 e. The number of aliphatic imine (C=N–C) groups is 1. The van der Waals surface area contributed by atoms with Gasteiger partial charge >= 0.3 is 0 Å². The number of carbonyl (C=O) groups excluding carboxylic acids is 1. The molecule has 0 saturated carbocycles. The lowest BCUT2D eigenvalue weighted by Crippen LogP contribution is -2.52. The Morgan fingerprint density at radius 3 is 2.67 bits per heavy atom. The molecule has 0 aromatic heterocycles. The standard InChI is InChI=1S/C13H18N4O/c1-8-11(18)17(3)12(15)16-13(8,2)9-5-4-6-10(14)7-9/h4-8H,14H2,1-3H3,(H2,15,16)/t8-,13-/m0/s1. The molecule has 18 heavy (non-hydrogen) atoms. The van der Waals surface area contributed by atoms with Gasteiger partial charge in [-0.05, 0) is 24.6 Å². The van der Waals surface area contributed by atoms with Crippen LogP contribution in [0.2, 0.25) is 0 Å². The summed E-state index contributed by atoms with van der Waals surface area (Å²) in [5.74, 6) is -0.0768. The number of nitrogens with zero attached hydrogens (tertiary/aromatic N) is 2. The summed E-state index contributed by atoms with van der Waals surface area (Å²) in [5.41, 5.74) is 12.5. The van der Waals surface area contributed by atoms with E-state index in [1.807, 2.05) is 32.0 Å². The topological polar surface area (TPSA) is 84.7 Å². The van der Waals surface area contributed by atoms with E-state index in [9.17, 15) is 4.79 Å². The van der Waals surface area contributed by atoms with E-state index in [2.05, 4.69) is 4.99 Å². The van der Waals surface area contributed by atoms with Gasteiger partial charge in [-0.1, -0.05) is 19.1 Å². The predicted molar refractivity (Wildman–Crippen MR) is 71.8 cm³/mol. The number of anilines is 1. The Morgan fingerprint density at radius 1 is 1.39 bits per heavy atom. The summed E-state index contributed by atoms with van der Waals surface area (Å²) in [5, 5.41) is 0. The molecule has 4 N–H and O–H groups in total. The van der Waals surface area contributed by atoms with E-state index in [-0.39, 0.29) is 17.8 Å². The van der Waals surface area contributed by atoms with E-state index in [0.717, 1.165) is 5.56 Å². The van der Waals surface area contributed by atoms with Gasteiger partial charge in [0.1, 0.15) is 0 Å². The quantitative estimate of drug-likeness (QED) is 0.722. The molecule has 0 aliphatic carbocycles. The number of hydrogen-bond acceptors (Lipinski definition) is 4. The fourth-order valence-corrected chi connectivity index (χ4v) is 2.22. The van der Waals surface area contributed by atoms with Crippen LogP contribution in [0.3, 0.4) is 0 Å². The highest BCUT2D eigenvalue weighted by atomic mass is 16.2. The first kappa shape index (κ1) is 12.4. The maximum atomic E-state index is 12.1. The van der Waals surface area contributed by atoms with Crippen molar-refractivity contribution in [3.63, 3.8) is 0 Å². The maximum absolute atomic E-state index is 12.1. The van der Waals surface area contributed by atoms with Gasteiger partial charge in [0.15, 0.2) is 5.96 Å². The highest BCUT2D eigenvalue weighted by Gasteiger charge is 2.43. The molecule has 1 aliphatic heterocycles. The first-order valence-electron chi connectivity index (χ1n) is 5.85. The van der Waals surface area contributed by atoms with Gasteiger partial charge < -0.3 is 11.5 Å². The van der Waals surface area contributed by atoms with Crippen LogP contribution in [-0.2, 0) is 10.3 Å². The molecule has 1 amide bonds. The largest absolute Gasteiger partial charge is 0.399 e. The molecule has 96 valence electrons. The van der Waals surface area contributed by atoms with E-state index >= 15 is 0 Å². The molecule has 2 rings (SSSR count). The van der Waals surface area contributed by atoms with Crippen molar-refractivity contribution in [2.45, 2.75) is 19.4 Å². The predicted octanol–water partition coefficient (Wildman–Crippen LogP) is 0.907. The highest BCUT2D eigenvalue weighted by molar-refractivity contribution is 5.99. The molecule has 0 spiro atoms. The van der Waals surface area contributed by atoms with Gasteiger partial charge in [0, 0.05) is 12.7 Å². The SMILES string of the molecule is C[C@H]1C(=O)N(C)C(N)=N[C@]1(C)c1cccc(N)c1. The maximum Gasteiger partial charge on any atom is 0.234 e. The number of rotatable bonds is 1. The van der Waals surface area contributed by atoms with Gasteiger partial charge in [-0.25, -0.2) is 4.99 Å². The van der Waals surface area contributed by atoms with Crippen LogP contribution in [0.25, 0.3) is 0 Å². The zero-order valence-corrected chi connectivity index (χ0v) is 10.8. The average molecular weight is 246 g/mol. The molecule has 0 unspecified atom stereocenters. The van der Waals surface area contributed by atoms with Crippen LogP contribution < -0.4 is 11.5 Å². The second-order valence-electron chi connectivity index (χ2n) is 4.86. The van der Waals surface area contributed by atoms with Crippen molar-refractivity contribution in [2.75, 3.05) is 12.8 Å². The molecule has 0 radical (unpaired) electrons. The molecule has 1 aromatic carbocycles. The van der Waals surface area contributed by atoms with Crippen molar-refractivity contribution in [1.82, 2.24) is 4.90 Å². The minimum Gasteiger partial charge on any atom is -0.399 e.